The van der Waals surface area contributed by atoms with Gasteiger partial charge in [-0.1, -0.05) is 0 Å². The van der Waals surface area contributed by atoms with Gasteiger partial charge in [0.2, 0.25) is 6.10 Å². The second-order valence-electron chi connectivity index (χ2n) is 1.49. The molecule has 0 spiro atoms. The number of hydrogen-bond acceptors (Lipinski definition) is 1. The number of aliphatic hydroxyl groups is 1. The normalized spacial score (nSPS) is 13.1. The van der Waals surface area contributed by atoms with Gasteiger partial charge in [-0.25, -0.2) is 0 Å². The van der Waals surface area contributed by atoms with Crippen LogP contribution in [0.3, 0.4) is 0 Å². The molecule has 1 N–H and O–H groups in total. The fraction of sp³-hybridized carbons (Fsp3) is 1.00. The largest absolute Gasteiger partial charge is 0.423 e. The van der Waals surface area contributed by atoms with E-state index in [0.29, 0.717) is 0 Å². The van der Waals surface area contributed by atoms with Crippen molar-refractivity contribution in [1.29, 1.82) is 0 Å². The molecule has 0 saturated heterocycles. The van der Waals surface area contributed by atoms with Crippen molar-refractivity contribution in [3.8, 4) is 0 Å². The molecule has 0 aromatic rings. The first-order valence-corrected chi connectivity index (χ1v) is 1.97. The van der Waals surface area contributed by atoms with E-state index >= 15 is 0 Å². The molecule has 0 aromatic carbocycles. The summed E-state index contributed by atoms with van der Waals surface area (Å²) in [5, 5.41) is 7.47. The van der Waals surface area contributed by atoms with Crippen molar-refractivity contribution in [3.63, 3.8) is 0 Å². The Labute approximate surface area is 56.7 Å². The van der Waals surface area contributed by atoms with Crippen molar-refractivity contribution >= 4 is 0 Å². The van der Waals surface area contributed by atoms with E-state index in [1.807, 2.05) is 0 Å². The van der Waals surface area contributed by atoms with Crippen molar-refractivity contribution in [1.82, 2.24) is 0 Å². The number of hydrogen-bond donors (Lipinski definition) is 1. The predicted molar refractivity (Wildman–Crippen MR) is 18.8 cm³/mol. The Morgan fingerprint density at radius 2 is 1.00 bits per heavy atom. The number of alkyl halides is 6. The van der Waals surface area contributed by atoms with E-state index in [9.17, 15) is 26.3 Å². The molecule has 0 atom stereocenters. The van der Waals surface area contributed by atoms with Gasteiger partial charge in [-0.15, -0.1) is 0 Å². The minimum atomic E-state index is -5.63. The number of aliphatic hydroxyl groups excluding tert-OH is 1. The molecule has 0 rings (SSSR count). The smallest absolute Gasteiger partial charge is 0.377 e. The average Bonchev–Trinajstić information content (AvgIpc) is 1.59. The first-order chi connectivity index (χ1) is 4.15. The number of halogens is 6. The summed E-state index contributed by atoms with van der Waals surface area (Å²) in [4.78, 5) is 0. The van der Waals surface area contributed by atoms with Crippen LogP contribution >= 0.6 is 0 Å². The monoisotopic (exact) mass is 184 g/mol. The summed E-state index contributed by atoms with van der Waals surface area (Å²) in [6.45, 7) is 0. The lowest BCUT2D eigenvalue weighted by Crippen LogP contribution is -2.41. The summed E-state index contributed by atoms with van der Waals surface area (Å²) in [6.07, 6.45) is -15.5. The molecular formula is C3H2F6O2. The molecule has 0 unspecified atom stereocenters. The Balaban J connectivity index is 0. The molecule has 8 heteroatoms. The third kappa shape index (κ3) is 4.04. The summed E-state index contributed by atoms with van der Waals surface area (Å²) < 4.78 is 65.9. The fourth-order valence-corrected chi connectivity index (χ4v) is 0.186. The Morgan fingerprint density at radius 1 is 0.818 bits per heavy atom. The SMILES string of the molecule is OC(C(F)(F)F)C(F)(F)F.[O]. The third-order valence-electron chi connectivity index (χ3n) is 0.620. The van der Waals surface area contributed by atoms with Crippen LogP contribution in [0.4, 0.5) is 26.3 Å². The van der Waals surface area contributed by atoms with Crippen LogP contribution in [-0.2, 0) is 5.48 Å². The van der Waals surface area contributed by atoms with Crippen molar-refractivity contribution in [2.45, 2.75) is 18.5 Å². The maximum Gasteiger partial charge on any atom is 0.423 e. The lowest BCUT2D eigenvalue weighted by molar-refractivity contribution is -0.308. The van der Waals surface area contributed by atoms with E-state index in [-0.39, 0.29) is 5.48 Å². The van der Waals surface area contributed by atoms with Gasteiger partial charge in [0.1, 0.15) is 0 Å². The standard InChI is InChI=1S/C3H2F6O.O/c4-2(5,6)1(10)3(7,8)9;/h1,10H;. The lowest BCUT2D eigenvalue weighted by Gasteiger charge is -2.16. The van der Waals surface area contributed by atoms with Gasteiger partial charge in [0.05, 0.1) is 0 Å². The quantitative estimate of drug-likeness (QED) is 0.567. The van der Waals surface area contributed by atoms with E-state index in [4.69, 9.17) is 5.11 Å². The molecule has 2 radical (unpaired) electrons. The zero-order valence-corrected chi connectivity index (χ0v) is 4.70. The Hall–Kier alpha value is -0.500. The number of rotatable bonds is 0. The molecule has 68 valence electrons. The summed E-state index contributed by atoms with van der Waals surface area (Å²) >= 11 is 0. The maximum absolute atomic E-state index is 11.0. The maximum atomic E-state index is 11.0. The second-order valence-corrected chi connectivity index (χ2v) is 1.49. The molecule has 0 heterocycles. The van der Waals surface area contributed by atoms with E-state index < -0.39 is 18.5 Å². The van der Waals surface area contributed by atoms with Gasteiger partial charge in [0, 0.05) is 5.48 Å². The highest BCUT2D eigenvalue weighted by molar-refractivity contribution is 4.72. The molecule has 0 fully saturated rings. The first kappa shape index (κ1) is 13.1. The molecular weight excluding hydrogens is 182 g/mol. The van der Waals surface area contributed by atoms with E-state index in [1.54, 1.807) is 0 Å². The van der Waals surface area contributed by atoms with Crippen LogP contribution in [0.15, 0.2) is 0 Å². The predicted octanol–water partition coefficient (Wildman–Crippen LogP) is 1.35. The Bertz CT molecular complexity index is 100.0. The van der Waals surface area contributed by atoms with E-state index in [0.717, 1.165) is 0 Å². The zero-order valence-electron chi connectivity index (χ0n) is 4.70. The van der Waals surface area contributed by atoms with Crippen molar-refractivity contribution < 1.29 is 36.9 Å². The van der Waals surface area contributed by atoms with E-state index in [1.165, 1.54) is 0 Å². The highest BCUT2D eigenvalue weighted by atomic mass is 19.4. The lowest BCUT2D eigenvalue weighted by atomic mass is 10.3. The van der Waals surface area contributed by atoms with Crippen LogP contribution in [0.2, 0.25) is 0 Å². The van der Waals surface area contributed by atoms with Crippen molar-refractivity contribution in [2.75, 3.05) is 0 Å². The molecule has 0 aromatic heterocycles. The fourth-order valence-electron chi connectivity index (χ4n) is 0.186. The van der Waals surface area contributed by atoms with Crippen LogP contribution in [-0.4, -0.2) is 23.6 Å². The zero-order chi connectivity index (χ0) is 8.58. The molecule has 0 aliphatic rings. The summed E-state index contributed by atoms with van der Waals surface area (Å²) in [5.41, 5.74) is 0. The van der Waals surface area contributed by atoms with Gasteiger partial charge in [-0.05, 0) is 0 Å². The van der Waals surface area contributed by atoms with Crippen LogP contribution in [0.25, 0.3) is 0 Å². The van der Waals surface area contributed by atoms with Gasteiger partial charge >= 0.3 is 12.4 Å². The van der Waals surface area contributed by atoms with Crippen LogP contribution < -0.4 is 0 Å². The molecule has 0 aliphatic heterocycles. The van der Waals surface area contributed by atoms with Crippen molar-refractivity contribution in [3.05, 3.63) is 0 Å². The van der Waals surface area contributed by atoms with Gasteiger partial charge < -0.3 is 5.11 Å². The summed E-state index contributed by atoms with van der Waals surface area (Å²) in [5.74, 6) is 0. The van der Waals surface area contributed by atoms with Crippen LogP contribution in [0, 0.1) is 0 Å². The molecule has 0 bridgehead atoms. The Kier molecular flexibility index (Phi) is 3.89. The first-order valence-electron chi connectivity index (χ1n) is 1.97. The highest BCUT2D eigenvalue weighted by Gasteiger charge is 2.55. The second kappa shape index (κ2) is 3.26. The summed E-state index contributed by atoms with van der Waals surface area (Å²) in [7, 11) is 0. The van der Waals surface area contributed by atoms with Gasteiger partial charge in [0.25, 0.3) is 0 Å². The van der Waals surface area contributed by atoms with E-state index in [2.05, 4.69) is 0 Å². The minimum absolute atomic E-state index is 0. The highest BCUT2D eigenvalue weighted by Crippen LogP contribution is 2.32. The van der Waals surface area contributed by atoms with Gasteiger partial charge in [-0.3, -0.25) is 0 Å². The Morgan fingerprint density at radius 3 is 1.00 bits per heavy atom. The topological polar surface area (TPSA) is 48.7 Å². The molecule has 0 aliphatic carbocycles. The van der Waals surface area contributed by atoms with Crippen molar-refractivity contribution in [2.24, 2.45) is 0 Å². The van der Waals surface area contributed by atoms with Crippen LogP contribution in [0.1, 0.15) is 0 Å². The molecule has 0 saturated carbocycles. The third-order valence-corrected chi connectivity index (χ3v) is 0.620. The summed E-state index contributed by atoms with van der Waals surface area (Å²) in [6, 6.07) is 0. The van der Waals surface area contributed by atoms with Crippen LogP contribution in [0.5, 0.6) is 0 Å². The minimum Gasteiger partial charge on any atom is -0.377 e. The van der Waals surface area contributed by atoms with Gasteiger partial charge in [0.15, 0.2) is 0 Å². The molecule has 0 amide bonds. The molecule has 11 heavy (non-hydrogen) atoms. The van der Waals surface area contributed by atoms with Gasteiger partial charge in [-0.2, -0.15) is 26.3 Å². The average molecular weight is 184 g/mol. The molecule has 2 nitrogen and oxygen atoms in total.